The molecule has 0 radical (unpaired) electrons. The maximum atomic E-state index is 12.0. The number of carbonyl (C=O) groups is 1. The lowest BCUT2D eigenvalue weighted by molar-refractivity contribution is 0.102. The van der Waals surface area contributed by atoms with Crippen molar-refractivity contribution in [2.24, 2.45) is 0 Å². The second-order valence-electron chi connectivity index (χ2n) is 3.64. The second kappa shape index (κ2) is 5.88. The van der Waals surface area contributed by atoms with Gasteiger partial charge in [-0.05, 0) is 25.2 Å². The summed E-state index contributed by atoms with van der Waals surface area (Å²) >= 11 is 7.11. The first kappa shape index (κ1) is 14.9. The number of thiazole rings is 1. The van der Waals surface area contributed by atoms with Gasteiger partial charge in [0.1, 0.15) is 4.90 Å². The van der Waals surface area contributed by atoms with E-state index in [1.165, 1.54) is 36.6 Å². The van der Waals surface area contributed by atoms with E-state index in [9.17, 15) is 13.2 Å². The van der Waals surface area contributed by atoms with Crippen LogP contribution in [0, 0.1) is 0 Å². The first-order valence-electron chi connectivity index (χ1n) is 5.38. The van der Waals surface area contributed by atoms with Gasteiger partial charge in [-0.2, -0.15) is 0 Å². The topological polar surface area (TPSA) is 88.2 Å². The van der Waals surface area contributed by atoms with Crippen LogP contribution in [-0.2, 0) is 10.0 Å². The molecule has 2 N–H and O–H groups in total. The van der Waals surface area contributed by atoms with Crippen molar-refractivity contribution in [1.29, 1.82) is 0 Å². The predicted molar refractivity (Wildman–Crippen MR) is 77.8 cm³/mol. The second-order valence-corrected chi connectivity index (χ2v) is 6.80. The van der Waals surface area contributed by atoms with Crippen LogP contribution in [0.4, 0.5) is 5.13 Å². The highest BCUT2D eigenvalue weighted by Gasteiger charge is 2.18. The Labute approximate surface area is 124 Å². The molecular formula is C11H10ClN3O3S2. The van der Waals surface area contributed by atoms with Gasteiger partial charge in [0.05, 0.1) is 5.02 Å². The van der Waals surface area contributed by atoms with E-state index < -0.39 is 15.9 Å². The highest BCUT2D eigenvalue weighted by Crippen LogP contribution is 2.23. The summed E-state index contributed by atoms with van der Waals surface area (Å²) in [7, 11) is -2.45. The Hall–Kier alpha value is -1.48. The zero-order valence-electron chi connectivity index (χ0n) is 10.3. The molecule has 106 valence electrons. The lowest BCUT2D eigenvalue weighted by atomic mass is 10.2. The van der Waals surface area contributed by atoms with Crippen LogP contribution in [0.2, 0.25) is 5.02 Å². The van der Waals surface area contributed by atoms with Crippen molar-refractivity contribution in [3.63, 3.8) is 0 Å². The van der Waals surface area contributed by atoms with Gasteiger partial charge in [-0.3, -0.25) is 10.1 Å². The van der Waals surface area contributed by atoms with Gasteiger partial charge < -0.3 is 0 Å². The molecule has 2 aromatic rings. The van der Waals surface area contributed by atoms with Gasteiger partial charge >= 0.3 is 0 Å². The van der Waals surface area contributed by atoms with E-state index in [0.29, 0.717) is 5.13 Å². The largest absolute Gasteiger partial charge is 0.298 e. The number of hydrogen-bond acceptors (Lipinski definition) is 5. The van der Waals surface area contributed by atoms with Crippen molar-refractivity contribution in [2.45, 2.75) is 4.90 Å². The van der Waals surface area contributed by atoms with E-state index in [1.807, 2.05) is 0 Å². The molecule has 1 aromatic heterocycles. The van der Waals surface area contributed by atoms with Crippen LogP contribution in [0.3, 0.4) is 0 Å². The predicted octanol–water partition coefficient (Wildman–Crippen LogP) is 1.96. The maximum Gasteiger partial charge on any atom is 0.257 e. The standard InChI is InChI=1S/C11H10ClN3O3S2/c1-13-20(17,18)9-6-7(2-3-8(9)12)10(16)15-11-14-4-5-19-11/h2-6,13H,1H3,(H,14,15,16). The highest BCUT2D eigenvalue weighted by molar-refractivity contribution is 7.89. The van der Waals surface area contributed by atoms with E-state index in [2.05, 4.69) is 15.0 Å². The molecule has 1 heterocycles. The van der Waals surface area contributed by atoms with Crippen molar-refractivity contribution >= 4 is 44.0 Å². The molecule has 9 heteroatoms. The molecule has 0 aliphatic heterocycles. The number of aromatic nitrogens is 1. The lowest BCUT2D eigenvalue weighted by Gasteiger charge is -2.07. The van der Waals surface area contributed by atoms with E-state index in [1.54, 1.807) is 11.6 Å². The number of rotatable bonds is 4. The number of hydrogen-bond donors (Lipinski definition) is 2. The third-order valence-electron chi connectivity index (χ3n) is 2.40. The molecule has 0 spiro atoms. The molecule has 20 heavy (non-hydrogen) atoms. The first-order chi connectivity index (χ1) is 9.44. The number of nitrogens with one attached hydrogen (secondary N) is 2. The van der Waals surface area contributed by atoms with Gasteiger partial charge in [-0.25, -0.2) is 18.1 Å². The average Bonchev–Trinajstić information content (AvgIpc) is 2.91. The van der Waals surface area contributed by atoms with Crippen molar-refractivity contribution in [3.05, 3.63) is 40.4 Å². The summed E-state index contributed by atoms with van der Waals surface area (Å²) in [6.07, 6.45) is 1.55. The third kappa shape index (κ3) is 3.15. The summed E-state index contributed by atoms with van der Waals surface area (Å²) < 4.78 is 25.7. The third-order valence-corrected chi connectivity index (χ3v) is 4.99. The molecule has 0 unspecified atom stereocenters. The number of anilines is 1. The number of nitrogens with zero attached hydrogens (tertiary/aromatic N) is 1. The maximum absolute atomic E-state index is 12.0. The molecule has 2 rings (SSSR count). The molecule has 1 amide bonds. The van der Waals surface area contributed by atoms with E-state index >= 15 is 0 Å². The Morgan fingerprint density at radius 2 is 2.15 bits per heavy atom. The van der Waals surface area contributed by atoms with Crippen LogP contribution >= 0.6 is 22.9 Å². The highest BCUT2D eigenvalue weighted by atomic mass is 35.5. The van der Waals surface area contributed by atoms with Gasteiger partial charge in [0.25, 0.3) is 5.91 Å². The SMILES string of the molecule is CNS(=O)(=O)c1cc(C(=O)Nc2nccs2)ccc1Cl. The molecule has 0 fully saturated rings. The van der Waals surface area contributed by atoms with Crippen LogP contribution in [0.1, 0.15) is 10.4 Å². The van der Waals surface area contributed by atoms with Crippen molar-refractivity contribution in [2.75, 3.05) is 12.4 Å². The minimum atomic E-state index is -3.72. The lowest BCUT2D eigenvalue weighted by Crippen LogP contribution is -2.20. The van der Waals surface area contributed by atoms with Crippen molar-refractivity contribution in [3.8, 4) is 0 Å². The first-order valence-corrected chi connectivity index (χ1v) is 8.12. The summed E-state index contributed by atoms with van der Waals surface area (Å²) in [6.45, 7) is 0. The van der Waals surface area contributed by atoms with Crippen LogP contribution in [0.15, 0.2) is 34.7 Å². The number of amides is 1. The van der Waals surface area contributed by atoms with Crippen LogP contribution < -0.4 is 10.0 Å². The minimum Gasteiger partial charge on any atom is -0.298 e. The molecule has 0 aliphatic rings. The van der Waals surface area contributed by atoms with Gasteiger partial charge in [-0.1, -0.05) is 11.6 Å². The monoisotopic (exact) mass is 331 g/mol. The fraction of sp³-hybridized carbons (Fsp3) is 0.0909. The molecule has 0 saturated carbocycles. The quantitative estimate of drug-likeness (QED) is 0.896. The smallest absolute Gasteiger partial charge is 0.257 e. The number of benzene rings is 1. The van der Waals surface area contributed by atoms with Gasteiger partial charge in [0, 0.05) is 17.1 Å². The molecule has 0 saturated heterocycles. The zero-order chi connectivity index (χ0) is 14.8. The molecule has 1 aromatic carbocycles. The fourth-order valence-electron chi connectivity index (χ4n) is 1.41. The molecule has 0 bridgehead atoms. The van der Waals surface area contributed by atoms with Crippen LogP contribution in [0.5, 0.6) is 0 Å². The molecular weight excluding hydrogens is 322 g/mol. The van der Waals surface area contributed by atoms with Crippen molar-refractivity contribution < 1.29 is 13.2 Å². The Bertz CT molecular complexity index is 729. The van der Waals surface area contributed by atoms with Crippen LogP contribution in [0.25, 0.3) is 0 Å². The normalized spacial score (nSPS) is 11.3. The summed E-state index contributed by atoms with van der Waals surface area (Å²) in [5.41, 5.74) is 0.179. The average molecular weight is 332 g/mol. The number of sulfonamides is 1. The van der Waals surface area contributed by atoms with Gasteiger partial charge in [0.2, 0.25) is 10.0 Å². The zero-order valence-corrected chi connectivity index (χ0v) is 12.6. The Morgan fingerprint density at radius 1 is 1.40 bits per heavy atom. The summed E-state index contributed by atoms with van der Waals surface area (Å²) in [5.74, 6) is -0.454. The molecule has 0 atom stereocenters. The van der Waals surface area contributed by atoms with Crippen LogP contribution in [-0.4, -0.2) is 26.4 Å². The summed E-state index contributed by atoms with van der Waals surface area (Å²) in [5, 5.41) is 4.76. The van der Waals surface area contributed by atoms with E-state index in [-0.39, 0.29) is 15.5 Å². The fourth-order valence-corrected chi connectivity index (χ4v) is 3.19. The van der Waals surface area contributed by atoms with E-state index in [4.69, 9.17) is 11.6 Å². The summed E-state index contributed by atoms with van der Waals surface area (Å²) in [4.78, 5) is 15.8. The van der Waals surface area contributed by atoms with Gasteiger partial charge in [0.15, 0.2) is 5.13 Å². The van der Waals surface area contributed by atoms with Crippen molar-refractivity contribution in [1.82, 2.24) is 9.71 Å². The Kier molecular flexibility index (Phi) is 4.39. The van der Waals surface area contributed by atoms with Gasteiger partial charge in [-0.15, -0.1) is 11.3 Å². The Balaban J connectivity index is 2.34. The number of halogens is 1. The Morgan fingerprint density at radius 3 is 2.75 bits per heavy atom. The molecule has 6 nitrogen and oxygen atoms in total. The van der Waals surface area contributed by atoms with E-state index in [0.717, 1.165) is 0 Å². The number of carbonyl (C=O) groups excluding carboxylic acids is 1. The minimum absolute atomic E-state index is 0.0464. The summed E-state index contributed by atoms with van der Waals surface area (Å²) in [6, 6.07) is 4.03. The molecule has 0 aliphatic carbocycles.